The third-order valence-electron chi connectivity index (χ3n) is 6.65. The van der Waals surface area contributed by atoms with Crippen LogP contribution in [-0.2, 0) is 10.8 Å². The third kappa shape index (κ3) is 5.49. The van der Waals surface area contributed by atoms with Crippen LogP contribution in [0.5, 0.6) is 0 Å². The zero-order chi connectivity index (χ0) is 28.1. The molecule has 0 amide bonds. The second-order valence-electron chi connectivity index (χ2n) is 11.7. The molecule has 5 nitrogen and oxygen atoms in total. The van der Waals surface area contributed by atoms with Gasteiger partial charge in [0.1, 0.15) is 25.5 Å². The molecule has 6 aromatic rings. The minimum Gasteiger partial charge on any atom is -0.477 e. The predicted octanol–water partition coefficient (Wildman–Crippen LogP) is 9.06. The molecule has 6 rings (SSSR count). The monoisotopic (exact) mass is 551 g/mol. The maximum Gasteiger partial charge on any atom is 0.345 e. The minimum absolute atomic E-state index is 0.0873. The number of nitriles is 1. The molecule has 0 aliphatic carbocycles. The topological polar surface area (TPSA) is 86.9 Å². The van der Waals surface area contributed by atoms with Crippen LogP contribution in [0.3, 0.4) is 0 Å². The van der Waals surface area contributed by atoms with Gasteiger partial charge in [0.2, 0.25) is 0 Å². The number of hydrogen-bond donors (Lipinski definition) is 1. The van der Waals surface area contributed by atoms with Crippen LogP contribution < -0.4 is 0 Å². The number of aromatic nitrogens is 2. The lowest BCUT2D eigenvalue weighted by Crippen LogP contribution is -2.10. The molecule has 0 aliphatic heterocycles. The van der Waals surface area contributed by atoms with E-state index in [-0.39, 0.29) is 10.8 Å². The highest BCUT2D eigenvalue weighted by atomic mass is 32.1. The molecule has 0 saturated heterocycles. The van der Waals surface area contributed by atoms with Crippen molar-refractivity contribution in [3.63, 3.8) is 0 Å². The molecular formula is C32H29N3O2S2. The van der Waals surface area contributed by atoms with Crippen molar-refractivity contribution in [2.24, 2.45) is 0 Å². The second-order valence-corrected chi connectivity index (χ2v) is 13.8. The lowest BCUT2D eigenvalue weighted by atomic mass is 9.86. The van der Waals surface area contributed by atoms with Gasteiger partial charge in [-0.2, -0.15) is 5.26 Å². The number of carboxylic acid groups (broad SMARTS) is 1. The van der Waals surface area contributed by atoms with Crippen LogP contribution in [0, 0.1) is 11.3 Å². The first-order chi connectivity index (χ1) is 18.3. The Morgan fingerprint density at radius 3 is 1.67 bits per heavy atom. The van der Waals surface area contributed by atoms with Gasteiger partial charge in [-0.05, 0) is 70.5 Å². The van der Waals surface area contributed by atoms with Crippen molar-refractivity contribution in [2.75, 3.05) is 0 Å². The molecular weight excluding hydrogens is 523 g/mol. The van der Waals surface area contributed by atoms with E-state index in [4.69, 9.17) is 10.4 Å². The van der Waals surface area contributed by atoms with Crippen molar-refractivity contribution in [1.82, 2.24) is 9.97 Å². The molecule has 0 bridgehead atoms. The Kier molecular flexibility index (Phi) is 6.66. The summed E-state index contributed by atoms with van der Waals surface area (Å²) in [5, 5.41) is 22.2. The van der Waals surface area contributed by atoms with E-state index in [1.54, 1.807) is 6.07 Å². The van der Waals surface area contributed by atoms with Gasteiger partial charge in [0.25, 0.3) is 0 Å². The molecule has 0 unspecified atom stereocenters. The van der Waals surface area contributed by atoms with E-state index >= 15 is 0 Å². The fraction of sp³-hybridized carbons (Fsp3) is 0.250. The molecule has 196 valence electrons. The summed E-state index contributed by atoms with van der Waals surface area (Å²) >= 11 is 2.67. The molecule has 39 heavy (non-hydrogen) atoms. The highest BCUT2D eigenvalue weighted by Crippen LogP contribution is 2.32. The smallest absolute Gasteiger partial charge is 0.345 e. The second kappa shape index (κ2) is 9.71. The van der Waals surface area contributed by atoms with Crippen molar-refractivity contribution in [2.45, 2.75) is 52.4 Å². The van der Waals surface area contributed by atoms with Gasteiger partial charge in [0.05, 0.1) is 11.0 Å². The number of thiophene rings is 2. The summed E-state index contributed by atoms with van der Waals surface area (Å²) in [6, 6.07) is 22.6. The maximum absolute atomic E-state index is 11.0. The van der Waals surface area contributed by atoms with Gasteiger partial charge in [-0.25, -0.2) is 14.8 Å². The van der Waals surface area contributed by atoms with Crippen LogP contribution in [0.1, 0.15) is 67.2 Å². The van der Waals surface area contributed by atoms with Crippen LogP contribution >= 0.6 is 22.7 Å². The Morgan fingerprint density at radius 1 is 0.718 bits per heavy atom. The summed E-state index contributed by atoms with van der Waals surface area (Å²) in [7, 11) is 0. The van der Waals surface area contributed by atoms with Gasteiger partial charge in [0.15, 0.2) is 0 Å². The Balaban J connectivity index is 0.000000158. The first-order valence-corrected chi connectivity index (χ1v) is 14.3. The van der Waals surface area contributed by atoms with Crippen LogP contribution in [0.4, 0.5) is 0 Å². The van der Waals surface area contributed by atoms with Crippen LogP contribution in [0.2, 0.25) is 0 Å². The number of hydrogen-bond acceptors (Lipinski definition) is 6. The molecule has 0 saturated carbocycles. The van der Waals surface area contributed by atoms with Gasteiger partial charge >= 0.3 is 5.97 Å². The molecule has 0 atom stereocenters. The highest BCUT2D eigenvalue weighted by molar-refractivity contribution is 7.20. The molecule has 4 heterocycles. The van der Waals surface area contributed by atoms with Gasteiger partial charge in [-0.1, -0.05) is 53.7 Å². The Morgan fingerprint density at radius 2 is 1.21 bits per heavy atom. The average molecular weight is 552 g/mol. The third-order valence-corrected chi connectivity index (χ3v) is 8.64. The van der Waals surface area contributed by atoms with Gasteiger partial charge in [0, 0.05) is 21.5 Å². The highest BCUT2D eigenvalue weighted by Gasteiger charge is 2.16. The summed E-state index contributed by atoms with van der Waals surface area (Å²) in [5.41, 5.74) is 4.67. The predicted molar refractivity (Wildman–Crippen MR) is 163 cm³/mol. The van der Waals surface area contributed by atoms with Gasteiger partial charge in [-0.3, -0.25) is 0 Å². The number of carboxylic acids is 1. The van der Waals surface area contributed by atoms with Gasteiger partial charge < -0.3 is 5.11 Å². The van der Waals surface area contributed by atoms with Crippen LogP contribution in [-0.4, -0.2) is 21.0 Å². The lowest BCUT2D eigenvalue weighted by Gasteiger charge is -2.19. The van der Waals surface area contributed by atoms with E-state index in [1.807, 2.05) is 18.2 Å². The van der Waals surface area contributed by atoms with E-state index in [0.717, 1.165) is 42.2 Å². The molecule has 2 aromatic carbocycles. The van der Waals surface area contributed by atoms with E-state index in [1.165, 1.54) is 33.8 Å². The molecule has 7 heteroatoms. The maximum atomic E-state index is 11.0. The molecule has 0 spiro atoms. The first kappa shape index (κ1) is 26.7. The van der Waals surface area contributed by atoms with Crippen molar-refractivity contribution in [3.05, 3.63) is 81.5 Å². The normalized spacial score (nSPS) is 12.0. The number of nitrogens with zero attached hydrogens (tertiary/aromatic N) is 3. The van der Waals surface area contributed by atoms with E-state index in [9.17, 15) is 4.79 Å². The Bertz CT molecular complexity index is 1930. The number of carbonyl (C=O) groups is 1. The SMILES string of the molecule is CC(C)(C)c1ccc2nc3sc(C#N)cc3cc2c1.CC(C)(C)c1ccc2nc3sc(C(=O)O)cc3cc2c1. The molecule has 0 radical (unpaired) electrons. The fourth-order valence-corrected chi connectivity index (χ4v) is 6.04. The lowest BCUT2D eigenvalue weighted by molar-refractivity contribution is 0.0702. The number of fused-ring (bicyclic) bond motifs is 4. The fourth-order valence-electron chi connectivity index (χ4n) is 4.36. The molecule has 0 fully saturated rings. The van der Waals surface area contributed by atoms with E-state index < -0.39 is 5.97 Å². The van der Waals surface area contributed by atoms with Crippen LogP contribution in [0.25, 0.3) is 42.2 Å². The van der Waals surface area contributed by atoms with E-state index in [2.05, 4.69) is 94.0 Å². The summed E-state index contributed by atoms with van der Waals surface area (Å²) in [4.78, 5) is 23.0. The number of aromatic carboxylic acids is 1. The number of rotatable bonds is 1. The molecule has 4 aromatic heterocycles. The summed E-state index contributed by atoms with van der Waals surface area (Å²) in [5.74, 6) is -0.896. The largest absolute Gasteiger partial charge is 0.477 e. The van der Waals surface area contributed by atoms with E-state index in [0.29, 0.717) is 9.75 Å². The van der Waals surface area contributed by atoms with Crippen molar-refractivity contribution in [1.29, 1.82) is 5.26 Å². The average Bonchev–Trinajstić information content (AvgIpc) is 3.47. The van der Waals surface area contributed by atoms with Crippen molar-refractivity contribution < 1.29 is 9.90 Å². The van der Waals surface area contributed by atoms with Gasteiger partial charge in [-0.15, -0.1) is 22.7 Å². The first-order valence-electron chi connectivity index (χ1n) is 12.6. The molecule has 0 aliphatic rings. The summed E-state index contributed by atoms with van der Waals surface area (Å²) in [6.45, 7) is 13.1. The minimum atomic E-state index is -0.896. The van der Waals surface area contributed by atoms with Crippen molar-refractivity contribution in [3.8, 4) is 6.07 Å². The van der Waals surface area contributed by atoms with Crippen molar-refractivity contribution >= 4 is 70.9 Å². The Hall–Kier alpha value is -3.86. The summed E-state index contributed by atoms with van der Waals surface area (Å²) in [6.07, 6.45) is 0. The Labute approximate surface area is 235 Å². The number of pyridine rings is 2. The zero-order valence-electron chi connectivity index (χ0n) is 22.8. The standard InChI is InChI=1S/C16H14N2S.C16H15NO2S/c1-16(2,3)12-4-5-14-10(7-12)6-11-8-13(9-17)19-15(11)18-14;1-16(2,3)11-4-5-12-9(7-11)6-10-8-13(15(18)19)20-14(10)17-12/h4-8H,1-3H3;4-8H,1-3H3,(H,18,19). The number of benzene rings is 2. The zero-order valence-corrected chi connectivity index (χ0v) is 24.4. The summed E-state index contributed by atoms with van der Waals surface area (Å²) < 4.78 is 0. The molecule has 1 N–H and O–H groups in total. The quantitative estimate of drug-likeness (QED) is 0.220. The van der Waals surface area contributed by atoms with Crippen LogP contribution in [0.15, 0.2) is 60.7 Å².